The van der Waals surface area contributed by atoms with Crippen LogP contribution < -0.4 is 5.73 Å². The molecule has 4 nitrogen and oxygen atoms in total. The van der Waals surface area contributed by atoms with E-state index in [4.69, 9.17) is 10.5 Å². The molecule has 1 saturated heterocycles. The van der Waals surface area contributed by atoms with Gasteiger partial charge in [-0.2, -0.15) is 0 Å². The first-order chi connectivity index (χ1) is 7.02. The molecule has 0 bridgehead atoms. The molecule has 2 atom stereocenters. The normalized spacial score (nSPS) is 21.7. The summed E-state index contributed by atoms with van der Waals surface area (Å²) in [6, 6.07) is -0.377. The van der Waals surface area contributed by atoms with E-state index in [2.05, 4.69) is 0 Å². The summed E-state index contributed by atoms with van der Waals surface area (Å²) in [5, 5.41) is 0. The van der Waals surface area contributed by atoms with Gasteiger partial charge in [-0.15, -0.1) is 12.4 Å². The van der Waals surface area contributed by atoms with Crippen molar-refractivity contribution in [3.8, 4) is 0 Å². The maximum atomic E-state index is 11.8. The fourth-order valence-corrected chi connectivity index (χ4v) is 1.74. The van der Waals surface area contributed by atoms with Crippen molar-refractivity contribution in [1.82, 2.24) is 4.90 Å². The van der Waals surface area contributed by atoms with Crippen LogP contribution >= 0.6 is 12.4 Å². The van der Waals surface area contributed by atoms with E-state index < -0.39 is 0 Å². The molecular formula is C11H23ClN2O2. The number of carbonyl (C=O) groups is 1. The van der Waals surface area contributed by atoms with Crippen molar-refractivity contribution in [2.75, 3.05) is 26.8 Å². The minimum absolute atomic E-state index is 0. The number of amides is 1. The number of nitrogens with two attached hydrogens (primary N) is 1. The zero-order chi connectivity index (χ0) is 11.4. The molecule has 0 saturated carbocycles. The summed E-state index contributed by atoms with van der Waals surface area (Å²) in [6.07, 6.45) is 1.05. The van der Waals surface area contributed by atoms with Crippen LogP contribution in [0.4, 0.5) is 0 Å². The molecule has 0 spiro atoms. The van der Waals surface area contributed by atoms with E-state index in [9.17, 15) is 4.79 Å². The molecule has 2 N–H and O–H groups in total. The zero-order valence-electron chi connectivity index (χ0n) is 10.3. The predicted octanol–water partition coefficient (Wildman–Crippen LogP) is 0.886. The van der Waals surface area contributed by atoms with Gasteiger partial charge in [0.05, 0.1) is 12.6 Å². The molecule has 1 amide bonds. The van der Waals surface area contributed by atoms with E-state index in [0.717, 1.165) is 26.2 Å². The van der Waals surface area contributed by atoms with Crippen molar-refractivity contribution in [3.05, 3.63) is 0 Å². The summed E-state index contributed by atoms with van der Waals surface area (Å²) in [6.45, 7) is 6.29. The van der Waals surface area contributed by atoms with Crippen LogP contribution in [-0.4, -0.2) is 43.7 Å². The number of carbonyl (C=O) groups excluding carboxylic acids is 1. The summed E-state index contributed by atoms with van der Waals surface area (Å²) in [4.78, 5) is 13.6. The molecule has 0 aromatic rings. The topological polar surface area (TPSA) is 55.6 Å². The first-order valence-corrected chi connectivity index (χ1v) is 5.60. The third kappa shape index (κ3) is 4.28. The third-order valence-electron chi connectivity index (χ3n) is 2.94. The van der Waals surface area contributed by atoms with Gasteiger partial charge in [-0.1, -0.05) is 13.8 Å². The molecule has 1 fully saturated rings. The van der Waals surface area contributed by atoms with E-state index in [0.29, 0.717) is 5.92 Å². The predicted molar refractivity (Wildman–Crippen MR) is 66.6 cm³/mol. The average molecular weight is 251 g/mol. The van der Waals surface area contributed by atoms with Gasteiger partial charge in [0.2, 0.25) is 5.91 Å². The Morgan fingerprint density at radius 1 is 1.56 bits per heavy atom. The van der Waals surface area contributed by atoms with Crippen LogP contribution in [0, 0.1) is 11.8 Å². The minimum atomic E-state index is -0.377. The summed E-state index contributed by atoms with van der Waals surface area (Å²) >= 11 is 0. The number of nitrogens with zero attached hydrogens (tertiary/aromatic N) is 1. The maximum Gasteiger partial charge on any atom is 0.239 e. The van der Waals surface area contributed by atoms with Crippen molar-refractivity contribution in [3.63, 3.8) is 0 Å². The van der Waals surface area contributed by atoms with Gasteiger partial charge < -0.3 is 15.4 Å². The van der Waals surface area contributed by atoms with Crippen LogP contribution in [0.3, 0.4) is 0 Å². The number of halogens is 1. The lowest BCUT2D eigenvalue weighted by Gasteiger charge is -2.25. The molecular weight excluding hydrogens is 228 g/mol. The molecule has 1 aliphatic rings. The second-order valence-corrected chi connectivity index (χ2v) is 4.72. The zero-order valence-corrected chi connectivity index (χ0v) is 11.1. The number of rotatable bonds is 4. The van der Waals surface area contributed by atoms with Gasteiger partial charge in [-0.25, -0.2) is 0 Å². The first-order valence-electron chi connectivity index (χ1n) is 5.60. The molecule has 5 heteroatoms. The van der Waals surface area contributed by atoms with Crippen LogP contribution in [0.2, 0.25) is 0 Å². The fraction of sp³-hybridized carbons (Fsp3) is 0.909. The summed E-state index contributed by atoms with van der Waals surface area (Å²) < 4.78 is 5.28. The van der Waals surface area contributed by atoms with Crippen molar-refractivity contribution < 1.29 is 9.53 Å². The summed E-state index contributed by atoms with van der Waals surface area (Å²) in [7, 11) is 1.82. The lowest BCUT2D eigenvalue weighted by Crippen LogP contribution is -2.46. The summed E-state index contributed by atoms with van der Waals surface area (Å²) in [5.74, 6) is 0.718. The number of hydrogen-bond acceptors (Lipinski definition) is 3. The van der Waals surface area contributed by atoms with E-state index >= 15 is 0 Å². The van der Waals surface area contributed by atoms with E-state index in [-0.39, 0.29) is 30.3 Å². The second kappa shape index (κ2) is 7.09. The first kappa shape index (κ1) is 15.7. The highest BCUT2D eigenvalue weighted by molar-refractivity contribution is 5.85. The quantitative estimate of drug-likeness (QED) is 0.806. The Kier molecular flexibility index (Phi) is 6.95. The van der Waals surface area contributed by atoms with Crippen LogP contribution in [0.15, 0.2) is 0 Å². The molecule has 0 aromatic carbocycles. The Hall–Kier alpha value is -0.320. The molecule has 0 aliphatic carbocycles. The van der Waals surface area contributed by atoms with Gasteiger partial charge >= 0.3 is 0 Å². The Morgan fingerprint density at radius 2 is 2.19 bits per heavy atom. The van der Waals surface area contributed by atoms with Gasteiger partial charge in [-0.3, -0.25) is 4.79 Å². The third-order valence-corrected chi connectivity index (χ3v) is 2.94. The lowest BCUT2D eigenvalue weighted by molar-refractivity contribution is -0.132. The fourth-order valence-electron chi connectivity index (χ4n) is 1.74. The number of ether oxygens (including phenoxy) is 1. The molecule has 1 aliphatic heterocycles. The monoisotopic (exact) mass is 250 g/mol. The van der Waals surface area contributed by atoms with E-state index in [1.54, 1.807) is 4.90 Å². The highest BCUT2D eigenvalue weighted by Crippen LogP contribution is 2.14. The van der Waals surface area contributed by atoms with Gasteiger partial charge in [-0.05, 0) is 12.3 Å². The minimum Gasteiger partial charge on any atom is -0.381 e. The molecule has 0 radical (unpaired) electrons. The smallest absolute Gasteiger partial charge is 0.239 e. The number of hydrogen-bond donors (Lipinski definition) is 1. The van der Waals surface area contributed by atoms with Crippen molar-refractivity contribution in [2.24, 2.45) is 17.6 Å². The molecule has 2 unspecified atom stereocenters. The van der Waals surface area contributed by atoms with Crippen molar-refractivity contribution in [1.29, 1.82) is 0 Å². The lowest BCUT2D eigenvalue weighted by atomic mass is 10.0. The summed E-state index contributed by atoms with van der Waals surface area (Å²) in [5.41, 5.74) is 5.81. The Bertz CT molecular complexity index is 218. The Balaban J connectivity index is 0.00000225. The van der Waals surface area contributed by atoms with Crippen molar-refractivity contribution >= 4 is 18.3 Å². The Morgan fingerprint density at radius 3 is 2.62 bits per heavy atom. The highest BCUT2D eigenvalue weighted by atomic mass is 35.5. The molecule has 0 aromatic heterocycles. The highest BCUT2D eigenvalue weighted by Gasteiger charge is 2.24. The Labute approximate surface area is 104 Å². The van der Waals surface area contributed by atoms with Crippen LogP contribution in [0.1, 0.15) is 20.3 Å². The molecule has 96 valence electrons. The van der Waals surface area contributed by atoms with E-state index in [1.165, 1.54) is 0 Å². The van der Waals surface area contributed by atoms with Crippen LogP contribution in [-0.2, 0) is 9.53 Å². The van der Waals surface area contributed by atoms with Crippen LogP contribution in [0.5, 0.6) is 0 Å². The maximum absolute atomic E-state index is 11.8. The standard InChI is InChI=1S/C11H22N2O2.ClH/c1-8(2)10(12)11(14)13(3)6-9-4-5-15-7-9;/h8-10H,4-7,12H2,1-3H3;1H. The number of likely N-dealkylation sites (N-methyl/N-ethyl adjacent to an activating group) is 1. The van der Waals surface area contributed by atoms with E-state index in [1.807, 2.05) is 20.9 Å². The SMILES string of the molecule is CC(C)C(N)C(=O)N(C)CC1CCOC1.Cl. The van der Waals surface area contributed by atoms with Crippen molar-refractivity contribution in [2.45, 2.75) is 26.3 Å². The van der Waals surface area contributed by atoms with Crippen LogP contribution in [0.25, 0.3) is 0 Å². The molecule has 1 heterocycles. The van der Waals surface area contributed by atoms with Gasteiger partial charge in [0.15, 0.2) is 0 Å². The molecule has 16 heavy (non-hydrogen) atoms. The average Bonchev–Trinajstić information content (AvgIpc) is 2.67. The largest absolute Gasteiger partial charge is 0.381 e. The molecule has 1 rings (SSSR count). The van der Waals surface area contributed by atoms with Gasteiger partial charge in [0.25, 0.3) is 0 Å². The van der Waals surface area contributed by atoms with Gasteiger partial charge in [0, 0.05) is 26.1 Å². The second-order valence-electron chi connectivity index (χ2n) is 4.72. The van der Waals surface area contributed by atoms with Gasteiger partial charge in [0.1, 0.15) is 0 Å².